The van der Waals surface area contributed by atoms with Gasteiger partial charge in [0.25, 0.3) is 5.69 Å². The van der Waals surface area contributed by atoms with Crippen LogP contribution in [-0.4, -0.2) is 60.8 Å². The highest BCUT2D eigenvalue weighted by Gasteiger charge is 2.32. The van der Waals surface area contributed by atoms with Gasteiger partial charge in [0.05, 0.1) is 4.92 Å². The van der Waals surface area contributed by atoms with Gasteiger partial charge in [-0.25, -0.2) is 4.79 Å². The largest absolute Gasteiger partial charge is 0.440 e. The first kappa shape index (κ1) is 22.2. The van der Waals surface area contributed by atoms with E-state index in [2.05, 4.69) is 15.4 Å². The van der Waals surface area contributed by atoms with Gasteiger partial charge in [-0.1, -0.05) is 12.1 Å². The lowest BCUT2D eigenvalue weighted by Gasteiger charge is -2.30. The molecule has 2 amide bonds. The molecule has 2 rings (SSSR count). The number of nitrogens with one attached hydrogen (secondary N) is 2. The Bertz CT molecular complexity index is 736. The van der Waals surface area contributed by atoms with Crippen molar-refractivity contribution in [3.8, 4) is 0 Å². The number of rotatable bonds is 7. The van der Waals surface area contributed by atoms with Crippen LogP contribution in [-0.2, 0) is 9.53 Å². The summed E-state index contributed by atoms with van der Waals surface area (Å²) in [6.45, 7) is -0.872. The molecular weight excluding hydrogens is 397 g/mol. The number of hydrogen-bond donors (Lipinski definition) is 2. The molecule has 1 aliphatic heterocycles. The van der Waals surface area contributed by atoms with E-state index in [9.17, 15) is 32.9 Å². The lowest BCUT2D eigenvalue weighted by molar-refractivity contribution is -0.384. The number of halogens is 3. The lowest BCUT2D eigenvalue weighted by Crippen LogP contribution is -2.44. The molecule has 1 heterocycles. The third kappa shape index (κ3) is 7.12. The number of anilines is 1. The van der Waals surface area contributed by atoms with E-state index < -0.39 is 23.8 Å². The van der Waals surface area contributed by atoms with E-state index in [1.165, 1.54) is 6.07 Å². The van der Waals surface area contributed by atoms with Crippen molar-refractivity contribution in [3.63, 3.8) is 0 Å². The molecule has 1 aliphatic rings. The molecular formula is C17H21F3N4O5. The predicted octanol–water partition coefficient (Wildman–Crippen LogP) is 2.53. The van der Waals surface area contributed by atoms with Crippen molar-refractivity contribution < 1.29 is 32.4 Å². The molecule has 29 heavy (non-hydrogen) atoms. The highest BCUT2D eigenvalue weighted by Crippen LogP contribution is 2.23. The maximum Gasteiger partial charge on any atom is 0.422 e. The Morgan fingerprint density at radius 1 is 1.21 bits per heavy atom. The summed E-state index contributed by atoms with van der Waals surface area (Å²) in [5.41, 5.74) is 0.279. The number of ether oxygens (including phenoxy) is 1. The molecule has 0 aromatic heterocycles. The zero-order chi connectivity index (χ0) is 21.4. The smallest absolute Gasteiger partial charge is 0.422 e. The van der Waals surface area contributed by atoms with Crippen LogP contribution in [0.15, 0.2) is 24.3 Å². The monoisotopic (exact) mass is 418 g/mol. The number of hydrogen-bond acceptors (Lipinski definition) is 6. The molecule has 0 radical (unpaired) electrons. The van der Waals surface area contributed by atoms with Gasteiger partial charge in [0.2, 0.25) is 5.91 Å². The molecule has 0 saturated carbocycles. The first-order chi connectivity index (χ1) is 13.7. The minimum atomic E-state index is -4.58. The zero-order valence-corrected chi connectivity index (χ0v) is 15.4. The standard InChI is InChI=1S/C17H21F3N4O5/c18-17(19,20)11-29-16(26)23-9-5-12(6-10-23)15(25)22-8-7-21-13-3-1-2-4-14(13)24(27)28/h1-4,12,21H,5-11H2,(H,22,25). The maximum atomic E-state index is 12.2. The number of carbonyl (C=O) groups is 2. The summed E-state index contributed by atoms with van der Waals surface area (Å²) >= 11 is 0. The van der Waals surface area contributed by atoms with Crippen LogP contribution in [0.1, 0.15) is 12.8 Å². The molecule has 1 aromatic rings. The minimum absolute atomic E-state index is 0.0661. The van der Waals surface area contributed by atoms with E-state index in [1.54, 1.807) is 18.2 Å². The topological polar surface area (TPSA) is 114 Å². The minimum Gasteiger partial charge on any atom is -0.440 e. The number of piperidine rings is 1. The van der Waals surface area contributed by atoms with Gasteiger partial charge in [0.15, 0.2) is 6.61 Å². The zero-order valence-electron chi connectivity index (χ0n) is 15.4. The summed E-state index contributed by atoms with van der Waals surface area (Å²) in [6, 6.07) is 6.14. The summed E-state index contributed by atoms with van der Waals surface area (Å²) in [4.78, 5) is 35.4. The Morgan fingerprint density at radius 3 is 2.48 bits per heavy atom. The quantitative estimate of drug-likeness (QED) is 0.400. The number of nitrogens with zero attached hydrogens (tertiary/aromatic N) is 2. The second-order valence-corrected chi connectivity index (χ2v) is 6.42. The Kier molecular flexibility index (Phi) is 7.62. The van der Waals surface area contributed by atoms with Crippen LogP contribution in [0.5, 0.6) is 0 Å². The van der Waals surface area contributed by atoms with Gasteiger partial charge < -0.3 is 20.3 Å². The fraction of sp³-hybridized carbons (Fsp3) is 0.529. The molecule has 0 aliphatic carbocycles. The van der Waals surface area contributed by atoms with Crippen LogP contribution in [0.4, 0.5) is 29.3 Å². The van der Waals surface area contributed by atoms with Gasteiger partial charge in [-0.05, 0) is 18.9 Å². The first-order valence-corrected chi connectivity index (χ1v) is 8.91. The molecule has 9 nitrogen and oxygen atoms in total. The summed E-state index contributed by atoms with van der Waals surface area (Å²) in [6.07, 6.45) is -5.01. The molecule has 0 spiro atoms. The van der Waals surface area contributed by atoms with Gasteiger partial charge in [-0.15, -0.1) is 0 Å². The van der Waals surface area contributed by atoms with Gasteiger partial charge in [-0.2, -0.15) is 13.2 Å². The fourth-order valence-corrected chi connectivity index (χ4v) is 2.87. The molecule has 1 saturated heterocycles. The number of carbonyl (C=O) groups excluding carboxylic acids is 2. The third-order valence-corrected chi connectivity index (χ3v) is 4.32. The van der Waals surface area contributed by atoms with E-state index in [4.69, 9.17) is 0 Å². The summed E-state index contributed by atoms with van der Waals surface area (Å²) in [7, 11) is 0. The van der Waals surface area contributed by atoms with Crippen molar-refractivity contribution in [3.05, 3.63) is 34.4 Å². The number of nitro benzene ring substituents is 1. The van der Waals surface area contributed by atoms with Crippen LogP contribution >= 0.6 is 0 Å². The Labute approximate surface area is 164 Å². The molecule has 2 N–H and O–H groups in total. The molecule has 0 atom stereocenters. The van der Waals surface area contributed by atoms with Crippen molar-refractivity contribution in [1.82, 2.24) is 10.2 Å². The van der Waals surface area contributed by atoms with E-state index in [0.29, 0.717) is 18.5 Å². The van der Waals surface area contributed by atoms with Crippen LogP contribution in [0.25, 0.3) is 0 Å². The maximum absolute atomic E-state index is 12.2. The average Bonchev–Trinajstić information content (AvgIpc) is 2.69. The molecule has 12 heteroatoms. The van der Waals surface area contributed by atoms with E-state index in [-0.39, 0.29) is 43.7 Å². The summed E-state index contributed by atoms with van der Waals surface area (Å²) in [5.74, 6) is -0.606. The normalized spacial score (nSPS) is 14.9. The Morgan fingerprint density at radius 2 is 1.86 bits per heavy atom. The number of amides is 2. The third-order valence-electron chi connectivity index (χ3n) is 4.32. The van der Waals surface area contributed by atoms with Gasteiger partial charge in [0.1, 0.15) is 5.69 Å². The van der Waals surface area contributed by atoms with E-state index >= 15 is 0 Å². The van der Waals surface area contributed by atoms with Crippen LogP contribution < -0.4 is 10.6 Å². The fourth-order valence-electron chi connectivity index (χ4n) is 2.87. The molecule has 1 fully saturated rings. The van der Waals surface area contributed by atoms with E-state index in [1.807, 2.05) is 0 Å². The lowest BCUT2D eigenvalue weighted by atomic mass is 9.96. The Hall–Kier alpha value is -3.05. The Balaban J connectivity index is 1.68. The molecule has 0 bridgehead atoms. The van der Waals surface area contributed by atoms with Crippen molar-refractivity contribution in [1.29, 1.82) is 0 Å². The number of likely N-dealkylation sites (tertiary alicyclic amines) is 1. The van der Waals surface area contributed by atoms with Crippen molar-refractivity contribution >= 4 is 23.4 Å². The second kappa shape index (κ2) is 9.94. The van der Waals surface area contributed by atoms with Crippen LogP contribution in [0.3, 0.4) is 0 Å². The molecule has 0 unspecified atom stereocenters. The number of benzene rings is 1. The van der Waals surface area contributed by atoms with Gasteiger partial charge in [-0.3, -0.25) is 14.9 Å². The highest BCUT2D eigenvalue weighted by molar-refractivity contribution is 5.79. The van der Waals surface area contributed by atoms with Crippen molar-refractivity contribution in [2.24, 2.45) is 5.92 Å². The van der Waals surface area contributed by atoms with Crippen LogP contribution in [0, 0.1) is 16.0 Å². The molecule has 1 aromatic carbocycles. The predicted molar refractivity (Wildman–Crippen MR) is 96.3 cm³/mol. The summed E-state index contributed by atoms with van der Waals surface area (Å²) in [5, 5.41) is 16.5. The molecule has 160 valence electrons. The SMILES string of the molecule is O=C(NCCNc1ccccc1[N+](=O)[O-])C1CCN(C(=O)OCC(F)(F)F)CC1. The van der Waals surface area contributed by atoms with Gasteiger partial charge in [0, 0.05) is 38.2 Å². The number of nitro groups is 1. The van der Waals surface area contributed by atoms with Gasteiger partial charge >= 0.3 is 12.3 Å². The van der Waals surface area contributed by atoms with Crippen molar-refractivity contribution in [2.45, 2.75) is 19.0 Å². The average molecular weight is 418 g/mol. The second-order valence-electron chi connectivity index (χ2n) is 6.42. The van der Waals surface area contributed by atoms with Crippen molar-refractivity contribution in [2.75, 3.05) is 38.1 Å². The highest BCUT2D eigenvalue weighted by atomic mass is 19.4. The summed E-state index contributed by atoms with van der Waals surface area (Å²) < 4.78 is 40.4. The van der Waals surface area contributed by atoms with Crippen LogP contribution in [0.2, 0.25) is 0 Å². The number of para-hydroxylation sites is 2. The first-order valence-electron chi connectivity index (χ1n) is 8.91. The van der Waals surface area contributed by atoms with E-state index in [0.717, 1.165) is 4.90 Å². The number of alkyl halides is 3.